The molecule has 1 amide bonds. The SMILES string of the molecule is COCC(C)NC(=O)CNC(C)CSC. The molecule has 0 aliphatic rings. The van der Waals surface area contributed by atoms with E-state index in [9.17, 15) is 4.79 Å². The first kappa shape index (κ1) is 14.7. The molecule has 15 heavy (non-hydrogen) atoms. The molecule has 2 N–H and O–H groups in total. The highest BCUT2D eigenvalue weighted by atomic mass is 32.2. The van der Waals surface area contributed by atoms with Crippen LogP contribution in [0.4, 0.5) is 0 Å². The van der Waals surface area contributed by atoms with Gasteiger partial charge in [0, 0.05) is 24.9 Å². The molecular formula is C10H22N2O2S. The molecule has 0 spiro atoms. The van der Waals surface area contributed by atoms with Gasteiger partial charge in [-0.15, -0.1) is 0 Å². The van der Waals surface area contributed by atoms with Crippen LogP contribution in [0.1, 0.15) is 13.8 Å². The van der Waals surface area contributed by atoms with E-state index < -0.39 is 0 Å². The van der Waals surface area contributed by atoms with Crippen molar-refractivity contribution in [3.8, 4) is 0 Å². The van der Waals surface area contributed by atoms with Gasteiger partial charge in [-0.3, -0.25) is 4.79 Å². The Labute approximate surface area is 96.5 Å². The molecule has 0 aliphatic heterocycles. The molecule has 90 valence electrons. The lowest BCUT2D eigenvalue weighted by atomic mass is 10.3. The van der Waals surface area contributed by atoms with E-state index in [0.29, 0.717) is 19.2 Å². The van der Waals surface area contributed by atoms with E-state index in [-0.39, 0.29) is 11.9 Å². The van der Waals surface area contributed by atoms with Gasteiger partial charge in [0.25, 0.3) is 0 Å². The Bertz CT molecular complexity index is 179. The number of hydrogen-bond acceptors (Lipinski definition) is 4. The summed E-state index contributed by atoms with van der Waals surface area (Å²) in [5, 5.41) is 6.00. The van der Waals surface area contributed by atoms with Crippen LogP contribution in [0.5, 0.6) is 0 Å². The molecule has 0 saturated heterocycles. The Hall–Kier alpha value is -0.260. The summed E-state index contributed by atoms with van der Waals surface area (Å²) in [4.78, 5) is 11.4. The first-order valence-corrected chi connectivity index (χ1v) is 6.50. The monoisotopic (exact) mass is 234 g/mol. The molecule has 0 aromatic heterocycles. The van der Waals surface area contributed by atoms with E-state index in [1.54, 1.807) is 18.9 Å². The summed E-state index contributed by atoms with van der Waals surface area (Å²) < 4.78 is 4.93. The number of thioether (sulfide) groups is 1. The van der Waals surface area contributed by atoms with Crippen molar-refractivity contribution < 1.29 is 9.53 Å². The topological polar surface area (TPSA) is 50.4 Å². The predicted molar refractivity (Wildman–Crippen MR) is 65.3 cm³/mol. The van der Waals surface area contributed by atoms with Gasteiger partial charge < -0.3 is 15.4 Å². The van der Waals surface area contributed by atoms with Crippen molar-refractivity contribution in [3.05, 3.63) is 0 Å². The van der Waals surface area contributed by atoms with Crippen LogP contribution in [0, 0.1) is 0 Å². The summed E-state index contributed by atoms with van der Waals surface area (Å²) in [5.41, 5.74) is 0. The van der Waals surface area contributed by atoms with Crippen molar-refractivity contribution in [3.63, 3.8) is 0 Å². The van der Waals surface area contributed by atoms with Crippen molar-refractivity contribution >= 4 is 17.7 Å². The zero-order chi connectivity index (χ0) is 11.7. The number of methoxy groups -OCH3 is 1. The number of hydrogen-bond donors (Lipinski definition) is 2. The highest BCUT2D eigenvalue weighted by Crippen LogP contribution is 1.95. The Morgan fingerprint density at radius 2 is 2.07 bits per heavy atom. The van der Waals surface area contributed by atoms with Gasteiger partial charge in [-0.05, 0) is 20.1 Å². The average Bonchev–Trinajstić information content (AvgIpc) is 2.15. The van der Waals surface area contributed by atoms with Gasteiger partial charge in [0.15, 0.2) is 0 Å². The van der Waals surface area contributed by atoms with Gasteiger partial charge in [-0.2, -0.15) is 11.8 Å². The van der Waals surface area contributed by atoms with Gasteiger partial charge in [0.1, 0.15) is 0 Å². The van der Waals surface area contributed by atoms with Crippen LogP contribution in [-0.2, 0) is 9.53 Å². The Morgan fingerprint density at radius 3 is 2.60 bits per heavy atom. The summed E-state index contributed by atoms with van der Waals surface area (Å²) in [5.74, 6) is 1.04. The molecule has 4 nitrogen and oxygen atoms in total. The standard InChI is InChI=1S/C10H22N2O2S/c1-8(6-14-3)12-10(13)5-11-9(2)7-15-4/h8-9,11H,5-7H2,1-4H3,(H,12,13). The summed E-state index contributed by atoms with van der Waals surface area (Å²) in [6.07, 6.45) is 2.05. The summed E-state index contributed by atoms with van der Waals surface area (Å²) in [7, 11) is 1.63. The van der Waals surface area contributed by atoms with Crippen molar-refractivity contribution in [1.82, 2.24) is 10.6 Å². The quantitative estimate of drug-likeness (QED) is 0.641. The van der Waals surface area contributed by atoms with E-state index in [1.165, 1.54) is 0 Å². The lowest BCUT2D eigenvalue weighted by Gasteiger charge is -2.15. The normalized spacial score (nSPS) is 14.7. The minimum Gasteiger partial charge on any atom is -0.383 e. The minimum absolute atomic E-state index is 0.0208. The summed E-state index contributed by atoms with van der Waals surface area (Å²) >= 11 is 1.77. The Kier molecular flexibility index (Phi) is 8.85. The molecule has 0 bridgehead atoms. The molecule has 0 radical (unpaired) electrons. The molecule has 0 heterocycles. The largest absolute Gasteiger partial charge is 0.383 e. The molecule has 0 fully saturated rings. The van der Waals surface area contributed by atoms with Crippen LogP contribution in [0.15, 0.2) is 0 Å². The second kappa shape index (κ2) is 9.00. The zero-order valence-electron chi connectivity index (χ0n) is 10.0. The summed E-state index contributed by atoms with van der Waals surface area (Å²) in [6, 6.07) is 0.434. The van der Waals surface area contributed by atoms with Crippen LogP contribution in [0.25, 0.3) is 0 Å². The molecule has 5 heteroatoms. The molecule has 0 saturated carbocycles. The molecule has 2 atom stereocenters. The third-order valence-electron chi connectivity index (χ3n) is 1.85. The summed E-state index contributed by atoms with van der Waals surface area (Å²) in [6.45, 7) is 4.91. The third-order valence-corrected chi connectivity index (χ3v) is 2.69. The first-order valence-electron chi connectivity index (χ1n) is 5.10. The minimum atomic E-state index is 0.0208. The molecule has 0 aromatic carbocycles. The number of carbonyl (C=O) groups excluding carboxylic acids is 1. The Balaban J connectivity index is 3.56. The van der Waals surface area contributed by atoms with E-state index in [1.807, 2.05) is 6.92 Å². The van der Waals surface area contributed by atoms with Gasteiger partial charge >= 0.3 is 0 Å². The zero-order valence-corrected chi connectivity index (χ0v) is 10.8. The van der Waals surface area contributed by atoms with Crippen LogP contribution >= 0.6 is 11.8 Å². The lowest BCUT2D eigenvalue weighted by molar-refractivity contribution is -0.121. The lowest BCUT2D eigenvalue weighted by Crippen LogP contribution is -2.43. The van der Waals surface area contributed by atoms with Crippen LogP contribution in [-0.4, -0.2) is 50.3 Å². The molecule has 0 rings (SSSR count). The first-order chi connectivity index (χ1) is 7.10. The fraction of sp³-hybridized carbons (Fsp3) is 0.900. The highest BCUT2D eigenvalue weighted by molar-refractivity contribution is 7.98. The molecule has 2 unspecified atom stereocenters. The van der Waals surface area contributed by atoms with Crippen molar-refractivity contribution in [1.29, 1.82) is 0 Å². The number of rotatable bonds is 8. The van der Waals surface area contributed by atoms with Crippen LogP contribution in [0.3, 0.4) is 0 Å². The van der Waals surface area contributed by atoms with Gasteiger partial charge in [0.2, 0.25) is 5.91 Å². The number of ether oxygens (including phenoxy) is 1. The van der Waals surface area contributed by atoms with E-state index in [0.717, 1.165) is 5.75 Å². The maximum Gasteiger partial charge on any atom is 0.234 e. The maximum atomic E-state index is 11.4. The fourth-order valence-corrected chi connectivity index (χ4v) is 1.81. The molecular weight excluding hydrogens is 212 g/mol. The third kappa shape index (κ3) is 8.72. The number of nitrogens with one attached hydrogen (secondary N) is 2. The number of carbonyl (C=O) groups is 1. The number of amides is 1. The highest BCUT2D eigenvalue weighted by Gasteiger charge is 2.08. The van der Waals surface area contributed by atoms with Crippen LogP contribution in [0.2, 0.25) is 0 Å². The van der Waals surface area contributed by atoms with Gasteiger partial charge in [-0.25, -0.2) is 0 Å². The fourth-order valence-electron chi connectivity index (χ4n) is 1.19. The van der Waals surface area contributed by atoms with E-state index >= 15 is 0 Å². The van der Waals surface area contributed by atoms with E-state index in [4.69, 9.17) is 4.74 Å². The van der Waals surface area contributed by atoms with E-state index in [2.05, 4.69) is 23.8 Å². The maximum absolute atomic E-state index is 11.4. The van der Waals surface area contributed by atoms with Crippen LogP contribution < -0.4 is 10.6 Å². The average molecular weight is 234 g/mol. The Morgan fingerprint density at radius 1 is 1.40 bits per heavy atom. The van der Waals surface area contributed by atoms with Crippen molar-refractivity contribution in [2.45, 2.75) is 25.9 Å². The molecule has 0 aromatic rings. The smallest absolute Gasteiger partial charge is 0.234 e. The second-order valence-electron chi connectivity index (χ2n) is 3.66. The second-order valence-corrected chi connectivity index (χ2v) is 4.57. The van der Waals surface area contributed by atoms with Crippen molar-refractivity contribution in [2.24, 2.45) is 0 Å². The molecule has 0 aliphatic carbocycles. The van der Waals surface area contributed by atoms with Crippen molar-refractivity contribution in [2.75, 3.05) is 32.3 Å². The van der Waals surface area contributed by atoms with Gasteiger partial charge in [0.05, 0.1) is 13.2 Å². The van der Waals surface area contributed by atoms with Gasteiger partial charge in [-0.1, -0.05) is 0 Å². The predicted octanol–water partition coefficient (Wildman–Crippen LogP) is 0.479.